The van der Waals surface area contributed by atoms with Crippen LogP contribution in [0, 0.1) is 40.9 Å². The molecule has 4 aliphatic rings. The molecule has 0 aromatic carbocycles. The van der Waals surface area contributed by atoms with E-state index < -0.39 is 0 Å². The van der Waals surface area contributed by atoms with Crippen LogP contribution in [0.2, 0.25) is 0 Å². The number of ether oxygens (including phenoxy) is 1. The van der Waals surface area contributed by atoms with Crippen molar-refractivity contribution in [3.05, 3.63) is 0 Å². The molecule has 0 aromatic heterocycles. The number of fused-ring (bicyclic) bond motifs is 5. The third-order valence-electron chi connectivity index (χ3n) is 8.17. The van der Waals surface area contributed by atoms with Crippen LogP contribution in [-0.4, -0.2) is 19.5 Å². The summed E-state index contributed by atoms with van der Waals surface area (Å²) < 4.78 is 5.41. The topological polar surface area (TPSA) is 26.3 Å². The van der Waals surface area contributed by atoms with Crippen molar-refractivity contribution in [1.29, 1.82) is 0 Å². The van der Waals surface area contributed by atoms with E-state index in [-0.39, 0.29) is 5.41 Å². The fourth-order valence-corrected chi connectivity index (χ4v) is 7.11. The Bertz CT molecular complexity index is 445. The van der Waals surface area contributed by atoms with Crippen molar-refractivity contribution in [3.63, 3.8) is 0 Å². The van der Waals surface area contributed by atoms with Gasteiger partial charge in [-0.1, -0.05) is 6.92 Å². The van der Waals surface area contributed by atoms with Gasteiger partial charge in [-0.3, -0.25) is 4.79 Å². The first kappa shape index (κ1) is 15.2. The SMILES string of the molecule is COCC1CCC2C(CCC3C2CCC2(C)C(=O)CCC32)C1. The van der Waals surface area contributed by atoms with E-state index in [0.29, 0.717) is 5.78 Å². The maximum atomic E-state index is 12.4. The molecule has 4 saturated carbocycles. The van der Waals surface area contributed by atoms with Crippen LogP contribution in [-0.2, 0) is 9.53 Å². The minimum absolute atomic E-state index is 0.0568. The van der Waals surface area contributed by atoms with Gasteiger partial charge in [0.2, 0.25) is 0 Å². The molecule has 0 aliphatic heterocycles. The molecule has 0 amide bonds. The van der Waals surface area contributed by atoms with E-state index in [4.69, 9.17) is 4.74 Å². The quantitative estimate of drug-likeness (QED) is 0.752. The number of carbonyl (C=O) groups is 1. The zero-order chi connectivity index (χ0) is 15.3. The van der Waals surface area contributed by atoms with Gasteiger partial charge in [0.05, 0.1) is 0 Å². The fraction of sp³-hybridized carbons (Fsp3) is 0.950. The Morgan fingerprint density at radius 3 is 2.68 bits per heavy atom. The van der Waals surface area contributed by atoms with Gasteiger partial charge in [-0.05, 0) is 86.9 Å². The molecule has 0 N–H and O–H groups in total. The van der Waals surface area contributed by atoms with Crippen LogP contribution >= 0.6 is 0 Å². The van der Waals surface area contributed by atoms with Gasteiger partial charge in [0, 0.05) is 25.6 Å². The van der Waals surface area contributed by atoms with Crippen molar-refractivity contribution in [2.45, 2.75) is 64.7 Å². The van der Waals surface area contributed by atoms with E-state index in [1.807, 2.05) is 7.11 Å². The van der Waals surface area contributed by atoms with Crippen LogP contribution in [0.5, 0.6) is 0 Å². The number of carbonyl (C=O) groups excluding carboxylic acids is 1. The molecule has 2 heteroatoms. The predicted molar refractivity (Wildman–Crippen MR) is 87.5 cm³/mol. The lowest BCUT2D eigenvalue weighted by Crippen LogP contribution is -2.48. The van der Waals surface area contributed by atoms with Crippen LogP contribution in [0.15, 0.2) is 0 Å². The van der Waals surface area contributed by atoms with E-state index in [2.05, 4.69) is 6.92 Å². The summed E-state index contributed by atoms with van der Waals surface area (Å²) >= 11 is 0. The molecule has 0 heterocycles. The highest BCUT2D eigenvalue weighted by molar-refractivity contribution is 5.87. The average molecular weight is 304 g/mol. The molecule has 4 aliphatic carbocycles. The predicted octanol–water partition coefficient (Wildman–Crippen LogP) is 4.47. The number of rotatable bonds is 2. The Kier molecular flexibility index (Phi) is 3.87. The lowest BCUT2D eigenvalue weighted by Gasteiger charge is -2.54. The Labute approximate surface area is 135 Å². The molecule has 22 heavy (non-hydrogen) atoms. The second kappa shape index (κ2) is 5.61. The van der Waals surface area contributed by atoms with Crippen LogP contribution in [0.4, 0.5) is 0 Å². The number of Topliss-reactive ketones (excluding diaryl/α,β-unsaturated/α-hetero) is 1. The molecular formula is C20H32O2. The van der Waals surface area contributed by atoms with Crippen molar-refractivity contribution in [3.8, 4) is 0 Å². The summed E-state index contributed by atoms with van der Waals surface area (Å²) in [7, 11) is 1.85. The zero-order valence-electron chi connectivity index (χ0n) is 14.4. The average Bonchev–Trinajstić information content (AvgIpc) is 2.83. The molecule has 4 rings (SSSR count). The summed E-state index contributed by atoms with van der Waals surface area (Å²) in [6.45, 7) is 3.26. The lowest BCUT2D eigenvalue weighted by molar-refractivity contribution is -0.133. The Morgan fingerprint density at radius 1 is 1.05 bits per heavy atom. The molecule has 0 spiro atoms. The Hall–Kier alpha value is -0.370. The van der Waals surface area contributed by atoms with Gasteiger partial charge in [-0.2, -0.15) is 0 Å². The summed E-state index contributed by atoms with van der Waals surface area (Å²) in [6.07, 6.45) is 11.6. The van der Waals surface area contributed by atoms with Gasteiger partial charge in [-0.15, -0.1) is 0 Å². The summed E-state index contributed by atoms with van der Waals surface area (Å²) in [6, 6.07) is 0. The van der Waals surface area contributed by atoms with E-state index >= 15 is 0 Å². The first-order valence-corrected chi connectivity index (χ1v) is 9.65. The largest absolute Gasteiger partial charge is 0.384 e. The molecule has 2 nitrogen and oxygen atoms in total. The van der Waals surface area contributed by atoms with Gasteiger partial charge >= 0.3 is 0 Å². The molecule has 124 valence electrons. The second-order valence-electron chi connectivity index (χ2n) is 8.99. The van der Waals surface area contributed by atoms with Crippen molar-refractivity contribution in [1.82, 2.24) is 0 Å². The molecule has 0 saturated heterocycles. The number of ketones is 1. The third kappa shape index (κ3) is 2.20. The van der Waals surface area contributed by atoms with Crippen LogP contribution in [0.1, 0.15) is 64.7 Å². The van der Waals surface area contributed by atoms with E-state index in [1.165, 1.54) is 51.4 Å². The highest BCUT2D eigenvalue weighted by atomic mass is 16.5. The van der Waals surface area contributed by atoms with Crippen LogP contribution in [0.3, 0.4) is 0 Å². The second-order valence-corrected chi connectivity index (χ2v) is 8.99. The minimum atomic E-state index is 0.0568. The molecular weight excluding hydrogens is 272 g/mol. The van der Waals surface area contributed by atoms with Crippen molar-refractivity contribution in [2.75, 3.05) is 13.7 Å². The molecule has 0 aromatic rings. The van der Waals surface area contributed by atoms with Gasteiger partial charge in [0.25, 0.3) is 0 Å². The van der Waals surface area contributed by atoms with E-state index in [0.717, 1.165) is 48.5 Å². The van der Waals surface area contributed by atoms with Crippen LogP contribution < -0.4 is 0 Å². The van der Waals surface area contributed by atoms with E-state index in [9.17, 15) is 4.79 Å². The summed E-state index contributed by atoms with van der Waals surface area (Å²) in [4.78, 5) is 12.4. The van der Waals surface area contributed by atoms with Gasteiger partial charge < -0.3 is 4.74 Å². The summed E-state index contributed by atoms with van der Waals surface area (Å²) in [5.41, 5.74) is 0.0568. The Balaban J connectivity index is 1.50. The number of methoxy groups -OCH3 is 1. The molecule has 7 unspecified atom stereocenters. The first-order chi connectivity index (χ1) is 10.6. The monoisotopic (exact) mass is 304 g/mol. The summed E-state index contributed by atoms with van der Waals surface area (Å²) in [5, 5.41) is 0. The minimum Gasteiger partial charge on any atom is -0.384 e. The number of hydrogen-bond acceptors (Lipinski definition) is 2. The van der Waals surface area contributed by atoms with E-state index in [1.54, 1.807) is 0 Å². The summed E-state index contributed by atoms with van der Waals surface area (Å²) in [5.74, 6) is 5.84. The zero-order valence-corrected chi connectivity index (χ0v) is 14.4. The highest BCUT2D eigenvalue weighted by Crippen LogP contribution is 2.61. The maximum absolute atomic E-state index is 12.4. The third-order valence-corrected chi connectivity index (χ3v) is 8.17. The van der Waals surface area contributed by atoms with Crippen molar-refractivity contribution in [2.24, 2.45) is 40.9 Å². The lowest BCUT2D eigenvalue weighted by atomic mass is 9.50. The van der Waals surface area contributed by atoms with Gasteiger partial charge in [0.15, 0.2) is 0 Å². The normalized spacial score (nSPS) is 51.1. The van der Waals surface area contributed by atoms with Gasteiger partial charge in [0.1, 0.15) is 5.78 Å². The molecule has 0 radical (unpaired) electrons. The number of hydrogen-bond donors (Lipinski definition) is 0. The Morgan fingerprint density at radius 2 is 1.86 bits per heavy atom. The molecule has 4 fully saturated rings. The first-order valence-electron chi connectivity index (χ1n) is 9.65. The molecule has 7 atom stereocenters. The standard InChI is InChI=1S/C20H32O2/c1-20-10-9-16-15-5-3-13(12-22-2)11-14(15)4-6-17(16)18(20)7-8-19(20)21/h13-18H,3-12H2,1-2H3. The van der Waals surface area contributed by atoms with Crippen molar-refractivity contribution >= 4 is 5.78 Å². The smallest absolute Gasteiger partial charge is 0.139 e. The fourth-order valence-electron chi connectivity index (χ4n) is 7.11. The van der Waals surface area contributed by atoms with Gasteiger partial charge in [-0.25, -0.2) is 0 Å². The molecule has 0 bridgehead atoms. The highest BCUT2D eigenvalue weighted by Gasteiger charge is 2.56. The van der Waals surface area contributed by atoms with Crippen LogP contribution in [0.25, 0.3) is 0 Å². The van der Waals surface area contributed by atoms with Crippen molar-refractivity contribution < 1.29 is 9.53 Å². The maximum Gasteiger partial charge on any atom is 0.139 e.